The molecule has 21 heavy (non-hydrogen) atoms. The average molecular weight is 316 g/mol. The second-order valence-electron chi connectivity index (χ2n) is 5.65. The molecule has 2 nitrogen and oxygen atoms in total. The van der Waals surface area contributed by atoms with Crippen LogP contribution in [0.25, 0.3) is 5.57 Å². The van der Waals surface area contributed by atoms with E-state index in [4.69, 9.17) is 0 Å². The SMILES string of the molecule is O=S1(=O)C2C=C(c3ccc(C(F)(F)F)cc3)CC1CCC2. The molecule has 0 aromatic heterocycles. The van der Waals surface area contributed by atoms with Crippen LogP contribution >= 0.6 is 0 Å². The number of rotatable bonds is 1. The highest BCUT2D eigenvalue weighted by Crippen LogP contribution is 2.39. The number of hydrogen-bond acceptors (Lipinski definition) is 2. The van der Waals surface area contributed by atoms with Gasteiger partial charge in [-0.15, -0.1) is 0 Å². The molecule has 3 rings (SSSR count). The van der Waals surface area contributed by atoms with Crippen LogP contribution in [0.4, 0.5) is 13.2 Å². The van der Waals surface area contributed by atoms with Crippen molar-refractivity contribution in [1.29, 1.82) is 0 Å². The summed E-state index contributed by atoms with van der Waals surface area (Å²) in [5.41, 5.74) is 0.860. The van der Waals surface area contributed by atoms with E-state index in [2.05, 4.69) is 0 Å². The van der Waals surface area contributed by atoms with E-state index in [0.717, 1.165) is 24.1 Å². The van der Waals surface area contributed by atoms with Crippen LogP contribution in [0.2, 0.25) is 0 Å². The lowest BCUT2D eigenvalue weighted by atomic mass is 9.93. The minimum absolute atomic E-state index is 0.376. The Morgan fingerprint density at radius 2 is 1.71 bits per heavy atom. The van der Waals surface area contributed by atoms with E-state index in [1.54, 1.807) is 6.08 Å². The van der Waals surface area contributed by atoms with Crippen LogP contribution in [0.15, 0.2) is 30.3 Å². The molecule has 0 spiro atoms. The first-order valence-corrected chi connectivity index (χ1v) is 8.50. The lowest BCUT2D eigenvalue weighted by molar-refractivity contribution is -0.137. The van der Waals surface area contributed by atoms with Gasteiger partial charge in [0.05, 0.1) is 16.1 Å². The van der Waals surface area contributed by atoms with Gasteiger partial charge in [-0.3, -0.25) is 0 Å². The zero-order valence-corrected chi connectivity index (χ0v) is 12.0. The van der Waals surface area contributed by atoms with Gasteiger partial charge in [-0.2, -0.15) is 13.2 Å². The molecule has 2 heterocycles. The lowest BCUT2D eigenvalue weighted by Crippen LogP contribution is -2.38. The molecule has 1 aromatic rings. The largest absolute Gasteiger partial charge is 0.416 e. The number of halogens is 3. The number of sulfone groups is 1. The Balaban J connectivity index is 1.93. The van der Waals surface area contributed by atoms with Gasteiger partial charge in [0.2, 0.25) is 0 Å². The highest BCUT2D eigenvalue weighted by Gasteiger charge is 2.40. The zero-order chi connectivity index (χ0) is 15.3. The smallest absolute Gasteiger partial charge is 0.228 e. The van der Waals surface area contributed by atoms with Gasteiger partial charge in [0.1, 0.15) is 0 Å². The van der Waals surface area contributed by atoms with Gasteiger partial charge in [-0.1, -0.05) is 24.6 Å². The normalized spacial score (nSPS) is 28.0. The minimum atomic E-state index is -4.35. The molecule has 2 unspecified atom stereocenters. The monoisotopic (exact) mass is 316 g/mol. The Morgan fingerprint density at radius 3 is 2.29 bits per heavy atom. The van der Waals surface area contributed by atoms with Gasteiger partial charge in [-0.05, 0) is 42.5 Å². The predicted molar refractivity (Wildman–Crippen MR) is 74.4 cm³/mol. The summed E-state index contributed by atoms with van der Waals surface area (Å²) >= 11 is 0. The lowest BCUT2D eigenvalue weighted by Gasteiger charge is -2.33. The molecule has 2 aliphatic rings. The standard InChI is InChI=1S/C15H15F3O2S/c16-15(17,18)12-6-4-10(5-7-12)11-8-13-2-1-3-14(9-11)21(13,19)20/h4-8,13-14H,1-3,9H2. The van der Waals surface area contributed by atoms with Crippen LogP contribution in [0.5, 0.6) is 0 Å². The molecule has 0 radical (unpaired) electrons. The topological polar surface area (TPSA) is 34.1 Å². The fraction of sp³-hybridized carbons (Fsp3) is 0.467. The van der Waals surface area contributed by atoms with Crippen LogP contribution in [-0.2, 0) is 16.0 Å². The van der Waals surface area contributed by atoms with Gasteiger partial charge >= 0.3 is 6.18 Å². The van der Waals surface area contributed by atoms with Gasteiger partial charge in [0, 0.05) is 0 Å². The molecule has 0 aliphatic carbocycles. The number of allylic oxidation sites excluding steroid dienone is 1. The molecule has 114 valence electrons. The number of alkyl halides is 3. The second-order valence-corrected chi connectivity index (χ2v) is 8.10. The van der Waals surface area contributed by atoms with E-state index < -0.39 is 26.8 Å². The Hall–Kier alpha value is -1.30. The highest BCUT2D eigenvalue weighted by atomic mass is 32.2. The minimum Gasteiger partial charge on any atom is -0.228 e. The quantitative estimate of drug-likeness (QED) is 0.789. The van der Waals surface area contributed by atoms with Crippen LogP contribution in [-0.4, -0.2) is 18.9 Å². The second kappa shape index (κ2) is 4.87. The third-order valence-corrected chi connectivity index (χ3v) is 6.87. The van der Waals surface area contributed by atoms with Crippen molar-refractivity contribution < 1.29 is 21.6 Å². The average Bonchev–Trinajstić information content (AvgIpc) is 2.36. The fourth-order valence-electron chi connectivity index (χ4n) is 3.14. The summed E-state index contributed by atoms with van der Waals surface area (Å²) in [5.74, 6) is 0. The van der Waals surface area contributed by atoms with Crippen molar-refractivity contribution in [3.05, 3.63) is 41.5 Å². The maximum atomic E-state index is 12.6. The molecule has 2 bridgehead atoms. The van der Waals surface area contributed by atoms with Crippen LogP contribution in [0.3, 0.4) is 0 Å². The third-order valence-electron chi connectivity index (χ3n) is 4.32. The van der Waals surface area contributed by atoms with E-state index >= 15 is 0 Å². The van der Waals surface area contributed by atoms with Crippen molar-refractivity contribution in [2.45, 2.75) is 42.4 Å². The molecular weight excluding hydrogens is 301 g/mol. The van der Waals surface area contributed by atoms with Gasteiger partial charge in [0.25, 0.3) is 0 Å². The predicted octanol–water partition coefficient (Wildman–Crippen LogP) is 3.83. The van der Waals surface area contributed by atoms with Crippen molar-refractivity contribution in [2.75, 3.05) is 0 Å². The number of fused-ring (bicyclic) bond motifs is 2. The molecule has 1 saturated heterocycles. The van der Waals surface area contributed by atoms with Crippen LogP contribution in [0.1, 0.15) is 36.8 Å². The van der Waals surface area contributed by atoms with E-state index in [-0.39, 0.29) is 5.25 Å². The van der Waals surface area contributed by atoms with Crippen LogP contribution < -0.4 is 0 Å². The number of benzene rings is 1. The highest BCUT2D eigenvalue weighted by molar-refractivity contribution is 7.93. The molecule has 6 heteroatoms. The summed E-state index contributed by atoms with van der Waals surface area (Å²) in [5, 5.41) is -0.846. The van der Waals surface area contributed by atoms with Crippen molar-refractivity contribution in [3.8, 4) is 0 Å². The molecule has 2 atom stereocenters. The first-order valence-electron chi connectivity index (χ1n) is 6.89. The van der Waals surface area contributed by atoms with Gasteiger partial charge in [-0.25, -0.2) is 8.42 Å². The fourth-order valence-corrected chi connectivity index (χ4v) is 5.39. The molecule has 1 aromatic carbocycles. The summed E-state index contributed by atoms with van der Waals surface area (Å²) in [7, 11) is -3.09. The Kier molecular flexibility index (Phi) is 3.39. The van der Waals surface area contributed by atoms with E-state index in [9.17, 15) is 21.6 Å². The summed E-state index contributed by atoms with van der Waals surface area (Å²) in [6.07, 6.45) is -0.0533. The first-order chi connectivity index (χ1) is 9.78. The Bertz CT molecular complexity index is 672. The van der Waals surface area contributed by atoms with Crippen molar-refractivity contribution in [2.24, 2.45) is 0 Å². The van der Waals surface area contributed by atoms with Gasteiger partial charge < -0.3 is 0 Å². The molecule has 0 saturated carbocycles. The summed E-state index contributed by atoms with van der Waals surface area (Å²) in [4.78, 5) is 0. The maximum absolute atomic E-state index is 12.6. The summed E-state index contributed by atoms with van der Waals surface area (Å²) in [6.45, 7) is 0. The van der Waals surface area contributed by atoms with E-state index in [1.807, 2.05) is 0 Å². The Morgan fingerprint density at radius 1 is 1.05 bits per heavy atom. The number of hydrogen-bond donors (Lipinski definition) is 0. The molecular formula is C15H15F3O2S. The molecule has 2 aliphatic heterocycles. The van der Waals surface area contributed by atoms with Crippen molar-refractivity contribution in [1.82, 2.24) is 0 Å². The van der Waals surface area contributed by atoms with Crippen molar-refractivity contribution in [3.63, 3.8) is 0 Å². The van der Waals surface area contributed by atoms with Crippen LogP contribution in [0, 0.1) is 0 Å². The molecule has 1 fully saturated rings. The van der Waals surface area contributed by atoms with E-state index in [1.165, 1.54) is 12.1 Å². The Labute approximate surface area is 121 Å². The van der Waals surface area contributed by atoms with Crippen molar-refractivity contribution >= 4 is 15.4 Å². The molecule has 0 N–H and O–H groups in total. The summed E-state index contributed by atoms with van der Waals surface area (Å²) in [6, 6.07) is 4.97. The zero-order valence-electron chi connectivity index (χ0n) is 11.2. The first kappa shape index (κ1) is 14.6. The third kappa shape index (κ3) is 2.61. The van der Waals surface area contributed by atoms with Gasteiger partial charge in [0.15, 0.2) is 9.84 Å². The maximum Gasteiger partial charge on any atom is 0.416 e. The summed E-state index contributed by atoms with van der Waals surface area (Å²) < 4.78 is 62.0. The van der Waals surface area contributed by atoms with E-state index in [0.29, 0.717) is 24.8 Å². The molecule has 0 amide bonds.